The minimum atomic E-state index is -0.257. The second-order valence-electron chi connectivity index (χ2n) is 12.0. The first kappa shape index (κ1) is 27.1. The summed E-state index contributed by atoms with van der Waals surface area (Å²) in [5, 5.41) is 3.36. The lowest BCUT2D eigenvalue weighted by atomic mass is 10.0. The van der Waals surface area contributed by atoms with Crippen LogP contribution in [0.2, 0.25) is 0 Å². The van der Waals surface area contributed by atoms with Crippen molar-refractivity contribution < 1.29 is 19.1 Å². The number of ether oxygens (including phenoxy) is 2. The van der Waals surface area contributed by atoms with Crippen molar-refractivity contribution in [3.05, 3.63) is 59.2 Å². The van der Waals surface area contributed by atoms with Crippen molar-refractivity contribution in [1.82, 2.24) is 20.0 Å². The largest absolute Gasteiger partial charge is 0.454 e. The summed E-state index contributed by atoms with van der Waals surface area (Å²) in [6.07, 6.45) is 6.02. The summed E-state index contributed by atoms with van der Waals surface area (Å²) in [4.78, 5) is 34.2. The van der Waals surface area contributed by atoms with Crippen LogP contribution in [0.4, 0.5) is 0 Å². The summed E-state index contributed by atoms with van der Waals surface area (Å²) in [6.45, 7) is 7.34. The van der Waals surface area contributed by atoms with Crippen molar-refractivity contribution in [3.63, 3.8) is 0 Å². The van der Waals surface area contributed by atoms with Crippen LogP contribution in [0.5, 0.6) is 11.5 Å². The van der Waals surface area contributed by atoms with Gasteiger partial charge in [-0.15, -0.1) is 0 Å². The van der Waals surface area contributed by atoms with E-state index in [-0.39, 0.29) is 30.7 Å². The Morgan fingerprint density at radius 2 is 1.80 bits per heavy atom. The predicted molar refractivity (Wildman–Crippen MR) is 153 cm³/mol. The number of piperazine rings is 1. The van der Waals surface area contributed by atoms with Crippen LogP contribution in [0, 0.1) is 12.8 Å². The van der Waals surface area contributed by atoms with Crippen molar-refractivity contribution in [2.24, 2.45) is 5.92 Å². The van der Waals surface area contributed by atoms with Crippen LogP contribution in [0.25, 0.3) is 0 Å². The Morgan fingerprint density at radius 3 is 2.60 bits per heavy atom. The molecule has 2 atom stereocenters. The lowest BCUT2D eigenvalue weighted by Crippen LogP contribution is -2.52. The number of fused-ring (bicyclic) bond motifs is 1. The fraction of sp³-hybridized carbons (Fsp3) is 0.562. The Kier molecular flexibility index (Phi) is 8.25. The first-order valence-electron chi connectivity index (χ1n) is 15.0. The molecule has 3 fully saturated rings. The third kappa shape index (κ3) is 6.13. The molecule has 0 spiro atoms. The highest BCUT2D eigenvalue weighted by atomic mass is 16.7. The van der Waals surface area contributed by atoms with Gasteiger partial charge in [0.1, 0.15) is 0 Å². The van der Waals surface area contributed by atoms with E-state index >= 15 is 0 Å². The fourth-order valence-electron chi connectivity index (χ4n) is 6.91. The van der Waals surface area contributed by atoms with Gasteiger partial charge in [-0.05, 0) is 55.4 Å². The van der Waals surface area contributed by atoms with E-state index < -0.39 is 0 Å². The van der Waals surface area contributed by atoms with E-state index in [0.717, 1.165) is 61.6 Å². The molecule has 0 unspecified atom stereocenters. The SMILES string of the molecule is Cc1cccc(CN(C(=O)CC2CCCC2)[C@H]2C[C@@H](C(=O)N3CCNCC3)N(Cc3ccc4c(c3)OCO4)C2)c1. The molecule has 2 aromatic carbocycles. The number of amides is 2. The topological polar surface area (TPSA) is 74.4 Å². The third-order valence-corrected chi connectivity index (χ3v) is 9.05. The van der Waals surface area contributed by atoms with Crippen molar-refractivity contribution in [2.45, 2.75) is 70.6 Å². The van der Waals surface area contributed by atoms with E-state index in [1.54, 1.807) is 0 Å². The molecule has 4 aliphatic rings. The predicted octanol–water partition coefficient (Wildman–Crippen LogP) is 3.71. The van der Waals surface area contributed by atoms with Crippen LogP contribution in [-0.4, -0.2) is 78.1 Å². The molecule has 0 aromatic heterocycles. The molecule has 2 amide bonds. The zero-order valence-corrected chi connectivity index (χ0v) is 23.6. The molecule has 0 bridgehead atoms. The molecule has 1 aliphatic carbocycles. The number of rotatable bonds is 8. The number of hydrogen-bond donors (Lipinski definition) is 1. The van der Waals surface area contributed by atoms with E-state index in [2.05, 4.69) is 52.4 Å². The second-order valence-corrected chi connectivity index (χ2v) is 12.0. The average molecular weight is 547 g/mol. The van der Waals surface area contributed by atoms with Crippen molar-refractivity contribution in [2.75, 3.05) is 39.5 Å². The Morgan fingerprint density at radius 1 is 1.00 bits per heavy atom. The van der Waals surface area contributed by atoms with Gasteiger partial charge in [-0.1, -0.05) is 48.7 Å². The Labute approximate surface area is 237 Å². The lowest BCUT2D eigenvalue weighted by Gasteiger charge is -2.32. The van der Waals surface area contributed by atoms with Crippen molar-refractivity contribution in [3.8, 4) is 11.5 Å². The summed E-state index contributed by atoms with van der Waals surface area (Å²) in [6, 6.07) is 14.2. The summed E-state index contributed by atoms with van der Waals surface area (Å²) in [5.74, 6) is 2.42. The zero-order chi connectivity index (χ0) is 27.5. The van der Waals surface area contributed by atoms with Crippen LogP contribution >= 0.6 is 0 Å². The van der Waals surface area contributed by atoms with E-state index in [1.165, 1.54) is 18.4 Å². The number of carbonyl (C=O) groups is 2. The van der Waals surface area contributed by atoms with Crippen LogP contribution in [0.15, 0.2) is 42.5 Å². The van der Waals surface area contributed by atoms with E-state index in [1.807, 2.05) is 17.0 Å². The maximum Gasteiger partial charge on any atom is 0.240 e. The van der Waals surface area contributed by atoms with Crippen molar-refractivity contribution >= 4 is 11.8 Å². The van der Waals surface area contributed by atoms with Gasteiger partial charge in [0.2, 0.25) is 18.6 Å². The average Bonchev–Trinajstić information content (AvgIpc) is 3.73. The maximum absolute atomic E-state index is 13.9. The van der Waals surface area contributed by atoms with E-state index in [4.69, 9.17) is 9.47 Å². The van der Waals surface area contributed by atoms with Gasteiger partial charge in [-0.2, -0.15) is 0 Å². The third-order valence-electron chi connectivity index (χ3n) is 9.05. The van der Waals surface area contributed by atoms with E-state index in [0.29, 0.717) is 38.4 Å². The molecule has 2 aromatic rings. The Balaban J connectivity index is 1.26. The normalized spacial score (nSPS) is 23.1. The standard InChI is InChI=1S/C32H42N4O4/c1-23-5-4-8-25(15-23)20-36(31(37)17-24-6-2-3-7-24)27-18-28(32(38)34-13-11-33-12-14-34)35(21-27)19-26-9-10-29-30(16-26)40-22-39-29/h4-5,8-10,15-16,24,27-28,33H,2-3,6-7,11-14,17-22H2,1H3/t27-,28-/m0/s1. The quantitative estimate of drug-likeness (QED) is 0.544. The Bertz CT molecular complexity index is 1210. The van der Waals surface area contributed by atoms with Crippen LogP contribution in [-0.2, 0) is 22.7 Å². The first-order chi connectivity index (χ1) is 19.5. The monoisotopic (exact) mass is 546 g/mol. The molecule has 3 aliphatic heterocycles. The molecular weight excluding hydrogens is 504 g/mol. The molecule has 1 saturated carbocycles. The smallest absolute Gasteiger partial charge is 0.240 e. The van der Waals surface area contributed by atoms with Crippen molar-refractivity contribution in [1.29, 1.82) is 0 Å². The zero-order valence-electron chi connectivity index (χ0n) is 23.6. The molecule has 1 N–H and O–H groups in total. The minimum Gasteiger partial charge on any atom is -0.454 e. The molecule has 2 saturated heterocycles. The fourth-order valence-corrected chi connectivity index (χ4v) is 6.91. The molecule has 8 nitrogen and oxygen atoms in total. The molecular formula is C32H42N4O4. The molecule has 0 radical (unpaired) electrons. The van der Waals surface area contributed by atoms with E-state index in [9.17, 15) is 9.59 Å². The van der Waals surface area contributed by atoms with Gasteiger partial charge in [0.25, 0.3) is 0 Å². The highest BCUT2D eigenvalue weighted by Gasteiger charge is 2.42. The molecule has 8 heteroatoms. The number of benzene rings is 2. The van der Waals surface area contributed by atoms with Gasteiger partial charge >= 0.3 is 0 Å². The molecule has 40 heavy (non-hydrogen) atoms. The summed E-state index contributed by atoms with van der Waals surface area (Å²) < 4.78 is 11.1. The summed E-state index contributed by atoms with van der Waals surface area (Å²) in [5.41, 5.74) is 3.44. The van der Waals surface area contributed by atoms with Gasteiger partial charge in [0.05, 0.1) is 6.04 Å². The summed E-state index contributed by atoms with van der Waals surface area (Å²) in [7, 11) is 0. The highest BCUT2D eigenvalue weighted by Crippen LogP contribution is 2.35. The number of aryl methyl sites for hydroxylation is 1. The summed E-state index contributed by atoms with van der Waals surface area (Å²) >= 11 is 0. The molecule has 3 heterocycles. The lowest BCUT2D eigenvalue weighted by molar-refractivity contribution is -0.137. The number of hydrogen-bond acceptors (Lipinski definition) is 6. The second kappa shape index (κ2) is 12.2. The van der Waals surface area contributed by atoms with Crippen LogP contribution in [0.1, 0.15) is 55.2 Å². The number of carbonyl (C=O) groups excluding carboxylic acids is 2. The first-order valence-corrected chi connectivity index (χ1v) is 15.0. The Hall–Kier alpha value is -3.10. The van der Waals surface area contributed by atoms with Crippen LogP contribution in [0.3, 0.4) is 0 Å². The van der Waals surface area contributed by atoms with Crippen LogP contribution < -0.4 is 14.8 Å². The highest BCUT2D eigenvalue weighted by molar-refractivity contribution is 5.83. The van der Waals surface area contributed by atoms with Gasteiger partial charge < -0.3 is 24.6 Å². The maximum atomic E-state index is 13.9. The number of nitrogens with zero attached hydrogens (tertiary/aromatic N) is 3. The molecule has 6 rings (SSSR count). The number of likely N-dealkylation sites (tertiary alicyclic amines) is 1. The molecule has 214 valence electrons. The van der Waals surface area contributed by atoms with Gasteiger partial charge in [-0.3, -0.25) is 14.5 Å². The van der Waals surface area contributed by atoms with Gasteiger partial charge in [0, 0.05) is 58.3 Å². The van der Waals surface area contributed by atoms with Gasteiger partial charge in [-0.25, -0.2) is 0 Å². The number of nitrogens with one attached hydrogen (secondary N) is 1. The van der Waals surface area contributed by atoms with Gasteiger partial charge in [0.15, 0.2) is 11.5 Å². The minimum absolute atomic E-state index is 0.0136.